The van der Waals surface area contributed by atoms with Crippen molar-refractivity contribution in [2.75, 3.05) is 13.1 Å². The van der Waals surface area contributed by atoms with Gasteiger partial charge in [-0.05, 0) is 58.9 Å². The second-order valence-corrected chi connectivity index (χ2v) is 9.58. The van der Waals surface area contributed by atoms with E-state index in [-0.39, 0.29) is 19.4 Å². The minimum Gasteiger partial charge on any atom is -0.481 e. The largest absolute Gasteiger partial charge is 0.481 e. The Balaban J connectivity index is 2.89. The highest BCUT2D eigenvalue weighted by molar-refractivity contribution is 5.96. The SMILES string of the molecule is CC(=O)N[C@@H](C)C(=O)N[C@@H](CCC(=O)O)C(=O)N1CCC[C@H]1C(=O)N[C@@H](C)C(=O)N[C@@H](CCCCN)C(N)=O. The minimum absolute atomic E-state index is 0.184. The van der Waals surface area contributed by atoms with Crippen LogP contribution >= 0.6 is 0 Å². The van der Waals surface area contributed by atoms with Crippen LogP contribution in [0.15, 0.2) is 0 Å². The molecular weight excluding hydrogens is 514 g/mol. The maximum Gasteiger partial charge on any atom is 0.303 e. The maximum absolute atomic E-state index is 13.3. The highest BCUT2D eigenvalue weighted by Gasteiger charge is 2.39. The average molecular weight is 556 g/mol. The summed E-state index contributed by atoms with van der Waals surface area (Å²) in [5.41, 5.74) is 10.8. The fourth-order valence-corrected chi connectivity index (χ4v) is 4.15. The number of carbonyl (C=O) groups is 7. The zero-order valence-corrected chi connectivity index (χ0v) is 22.7. The van der Waals surface area contributed by atoms with Gasteiger partial charge in [0.2, 0.25) is 35.4 Å². The minimum atomic E-state index is -1.25. The van der Waals surface area contributed by atoms with Crippen LogP contribution in [0, 0.1) is 0 Å². The van der Waals surface area contributed by atoms with Crippen molar-refractivity contribution in [2.45, 2.75) is 95.9 Å². The summed E-state index contributed by atoms with van der Waals surface area (Å²) in [5, 5.41) is 19.0. The number of hydrogen-bond donors (Lipinski definition) is 7. The Kier molecular flexibility index (Phi) is 13.9. The third-order valence-electron chi connectivity index (χ3n) is 6.27. The molecule has 0 spiro atoms. The molecule has 220 valence electrons. The van der Waals surface area contributed by atoms with Crippen molar-refractivity contribution in [1.29, 1.82) is 0 Å². The maximum atomic E-state index is 13.3. The van der Waals surface area contributed by atoms with Gasteiger partial charge in [0.15, 0.2) is 0 Å². The molecule has 0 saturated carbocycles. The topological polar surface area (TPSA) is 243 Å². The van der Waals surface area contributed by atoms with Gasteiger partial charge in [-0.25, -0.2) is 0 Å². The number of primary amides is 1. The first-order chi connectivity index (χ1) is 18.3. The van der Waals surface area contributed by atoms with Crippen LogP contribution in [0.2, 0.25) is 0 Å². The van der Waals surface area contributed by atoms with Crippen LogP contribution in [0.5, 0.6) is 0 Å². The molecule has 1 rings (SSSR count). The number of likely N-dealkylation sites (tertiary alicyclic amines) is 1. The summed E-state index contributed by atoms with van der Waals surface area (Å²) in [7, 11) is 0. The lowest BCUT2D eigenvalue weighted by molar-refractivity contribution is -0.143. The average Bonchev–Trinajstić information content (AvgIpc) is 3.34. The molecule has 1 aliphatic rings. The van der Waals surface area contributed by atoms with E-state index >= 15 is 0 Å². The summed E-state index contributed by atoms with van der Waals surface area (Å²) in [4.78, 5) is 86.8. The quantitative estimate of drug-likeness (QED) is 0.0990. The Morgan fingerprint density at radius 2 is 1.49 bits per heavy atom. The lowest BCUT2D eigenvalue weighted by Gasteiger charge is -2.30. The van der Waals surface area contributed by atoms with Gasteiger partial charge in [0.05, 0.1) is 0 Å². The van der Waals surface area contributed by atoms with Gasteiger partial charge in [0.1, 0.15) is 30.2 Å². The molecule has 0 bridgehead atoms. The Morgan fingerprint density at radius 1 is 0.897 bits per heavy atom. The summed E-state index contributed by atoms with van der Waals surface area (Å²) in [6.07, 6.45) is 1.64. The number of rotatable bonds is 16. The molecule has 9 N–H and O–H groups in total. The standard InChI is InChI=1S/C24H41N7O8/c1-13(27-15(3)32)21(36)30-17(9-10-19(33)34)24(39)31-12-6-8-18(31)23(38)28-14(2)22(37)29-16(20(26)35)7-4-5-11-25/h13-14,16-18H,4-12,25H2,1-3H3,(H2,26,35)(H,27,32)(H,28,38)(H,29,37)(H,30,36)(H,33,34)/t13-,14-,16-,17-,18-/m0/s1. The molecule has 1 aliphatic heterocycles. The van der Waals surface area contributed by atoms with Crippen LogP contribution in [0.4, 0.5) is 0 Å². The van der Waals surface area contributed by atoms with Crippen molar-refractivity contribution in [2.24, 2.45) is 11.5 Å². The molecule has 39 heavy (non-hydrogen) atoms. The first kappa shape index (κ1) is 33.3. The molecule has 1 saturated heterocycles. The third-order valence-corrected chi connectivity index (χ3v) is 6.27. The molecule has 1 fully saturated rings. The number of carbonyl (C=O) groups excluding carboxylic acids is 6. The van der Waals surface area contributed by atoms with E-state index in [4.69, 9.17) is 16.6 Å². The van der Waals surface area contributed by atoms with Crippen molar-refractivity contribution < 1.29 is 38.7 Å². The van der Waals surface area contributed by atoms with Crippen molar-refractivity contribution in [3.8, 4) is 0 Å². The van der Waals surface area contributed by atoms with Gasteiger partial charge in [0.25, 0.3) is 0 Å². The number of unbranched alkanes of at least 4 members (excludes halogenated alkanes) is 1. The molecule has 5 atom stereocenters. The van der Waals surface area contributed by atoms with Gasteiger partial charge in [-0.2, -0.15) is 0 Å². The van der Waals surface area contributed by atoms with E-state index < -0.39 is 78.0 Å². The van der Waals surface area contributed by atoms with Gasteiger partial charge >= 0.3 is 5.97 Å². The van der Waals surface area contributed by atoms with Gasteiger partial charge in [-0.15, -0.1) is 0 Å². The number of nitrogens with two attached hydrogens (primary N) is 2. The molecule has 15 nitrogen and oxygen atoms in total. The zero-order valence-electron chi connectivity index (χ0n) is 22.7. The van der Waals surface area contributed by atoms with E-state index in [0.29, 0.717) is 32.2 Å². The summed E-state index contributed by atoms with van der Waals surface area (Å²) in [6, 6.07) is -5.15. The molecule has 0 aromatic rings. The summed E-state index contributed by atoms with van der Waals surface area (Å²) in [5.74, 6) is -4.93. The van der Waals surface area contributed by atoms with Gasteiger partial charge in [-0.1, -0.05) is 0 Å². The number of nitrogens with zero attached hydrogens (tertiary/aromatic N) is 1. The molecule has 0 aromatic carbocycles. The second kappa shape index (κ2) is 16.3. The molecule has 6 amide bonds. The summed E-state index contributed by atoms with van der Waals surface area (Å²) < 4.78 is 0. The van der Waals surface area contributed by atoms with Crippen molar-refractivity contribution in [3.05, 3.63) is 0 Å². The molecule has 0 radical (unpaired) electrons. The Labute approximate surface area is 227 Å². The third kappa shape index (κ3) is 11.3. The fourth-order valence-electron chi connectivity index (χ4n) is 4.15. The Hall–Kier alpha value is -3.75. The van der Waals surface area contributed by atoms with Crippen LogP contribution in [-0.2, 0) is 33.6 Å². The van der Waals surface area contributed by atoms with E-state index in [1.54, 1.807) is 0 Å². The second-order valence-electron chi connectivity index (χ2n) is 9.58. The van der Waals surface area contributed by atoms with Gasteiger partial charge in [-0.3, -0.25) is 33.6 Å². The normalized spacial score (nSPS) is 17.7. The van der Waals surface area contributed by atoms with Crippen molar-refractivity contribution in [1.82, 2.24) is 26.2 Å². The molecular formula is C24H41N7O8. The molecule has 0 unspecified atom stereocenters. The van der Waals surface area contributed by atoms with Crippen LogP contribution in [0.1, 0.15) is 65.7 Å². The number of aliphatic carboxylic acids is 1. The van der Waals surface area contributed by atoms with Crippen LogP contribution in [0.25, 0.3) is 0 Å². The van der Waals surface area contributed by atoms with E-state index in [9.17, 15) is 33.6 Å². The van der Waals surface area contributed by atoms with E-state index in [2.05, 4.69) is 21.3 Å². The summed E-state index contributed by atoms with van der Waals surface area (Å²) in [6.45, 7) is 4.67. The molecule has 0 aromatic heterocycles. The van der Waals surface area contributed by atoms with Crippen molar-refractivity contribution in [3.63, 3.8) is 0 Å². The first-order valence-electron chi connectivity index (χ1n) is 13.0. The number of carboxylic acids is 1. The highest BCUT2D eigenvalue weighted by atomic mass is 16.4. The van der Waals surface area contributed by atoms with Crippen LogP contribution in [0.3, 0.4) is 0 Å². The molecule has 15 heteroatoms. The van der Waals surface area contributed by atoms with Gasteiger partial charge < -0.3 is 42.7 Å². The van der Waals surface area contributed by atoms with Gasteiger partial charge in [0, 0.05) is 19.9 Å². The Morgan fingerprint density at radius 3 is 2.03 bits per heavy atom. The van der Waals surface area contributed by atoms with Crippen molar-refractivity contribution >= 4 is 41.4 Å². The molecule has 1 heterocycles. The number of hydrogen-bond acceptors (Lipinski definition) is 8. The lowest BCUT2D eigenvalue weighted by atomic mass is 10.1. The predicted molar refractivity (Wildman–Crippen MR) is 138 cm³/mol. The molecule has 0 aliphatic carbocycles. The number of carboxylic acid groups (broad SMARTS) is 1. The summed E-state index contributed by atoms with van der Waals surface area (Å²) >= 11 is 0. The number of amides is 6. The first-order valence-corrected chi connectivity index (χ1v) is 13.0. The van der Waals surface area contributed by atoms with Crippen LogP contribution < -0.4 is 32.7 Å². The zero-order chi connectivity index (χ0) is 29.7. The number of nitrogens with one attached hydrogen (secondary N) is 4. The Bertz CT molecular complexity index is 928. The smallest absolute Gasteiger partial charge is 0.303 e. The predicted octanol–water partition coefficient (Wildman–Crippen LogP) is -2.54. The van der Waals surface area contributed by atoms with Crippen LogP contribution in [-0.4, -0.2) is 94.7 Å². The van der Waals surface area contributed by atoms with E-state index in [1.807, 2.05) is 0 Å². The monoisotopic (exact) mass is 555 g/mol. The lowest BCUT2D eigenvalue weighted by Crippen LogP contribution is -2.58. The van der Waals surface area contributed by atoms with E-state index in [0.717, 1.165) is 0 Å². The highest BCUT2D eigenvalue weighted by Crippen LogP contribution is 2.20. The van der Waals surface area contributed by atoms with E-state index in [1.165, 1.54) is 25.7 Å². The fraction of sp³-hybridized carbons (Fsp3) is 0.708.